The van der Waals surface area contributed by atoms with Crippen LogP contribution in [0.25, 0.3) is 6.08 Å². The molecule has 2 aromatic carbocycles. The number of aldehydes is 1. The molecule has 0 aliphatic carbocycles. The highest BCUT2D eigenvalue weighted by Crippen LogP contribution is 2.74. The first-order valence-corrected chi connectivity index (χ1v) is 20.2. The lowest BCUT2D eigenvalue weighted by molar-refractivity contribution is -0.104. The molecule has 0 bridgehead atoms. The molecule has 0 saturated carbocycles. The molecule has 0 amide bonds. The SMILES string of the molecule is CC[P+](CC)(CC)[C@@H](C[C@@H](c1cc(OC)c(O)c(OC)c1)[P+](CC)(CC)CC)/C(C=O)=C\c1cc(OC)c(O)c(OC)c1. The van der Waals surface area contributed by atoms with Crippen LogP contribution in [0.15, 0.2) is 29.8 Å². The minimum atomic E-state index is -1.63. The first-order valence-electron chi connectivity index (χ1n) is 15.4. The molecule has 240 valence electrons. The zero-order valence-electron chi connectivity index (χ0n) is 27.9. The monoisotopic (exact) mass is 636 g/mol. The largest absolute Gasteiger partial charge is 0.502 e. The number of carbonyl (C=O) groups excluding carboxylic acids is 1. The van der Waals surface area contributed by atoms with Crippen molar-refractivity contribution in [3.63, 3.8) is 0 Å². The highest BCUT2D eigenvalue weighted by Gasteiger charge is 2.50. The fraction of sp³-hybridized carbons (Fsp3) is 0.559. The predicted octanol–water partition coefficient (Wildman–Crippen LogP) is 8.37. The molecular weight excluding hydrogens is 582 g/mol. The number of benzene rings is 2. The zero-order valence-corrected chi connectivity index (χ0v) is 29.7. The Hall–Kier alpha value is -2.49. The summed E-state index contributed by atoms with van der Waals surface area (Å²) in [5.41, 5.74) is 2.83. The van der Waals surface area contributed by atoms with Gasteiger partial charge in [0.05, 0.1) is 71.1 Å². The fourth-order valence-electron chi connectivity index (χ4n) is 6.73. The quantitative estimate of drug-likeness (QED) is 0.0965. The van der Waals surface area contributed by atoms with Gasteiger partial charge >= 0.3 is 0 Å². The first kappa shape index (κ1) is 36.7. The third-order valence-electron chi connectivity index (χ3n) is 9.79. The molecule has 2 atom stereocenters. The van der Waals surface area contributed by atoms with Crippen LogP contribution in [0.4, 0.5) is 0 Å². The van der Waals surface area contributed by atoms with Gasteiger partial charge in [-0.25, -0.2) is 0 Å². The van der Waals surface area contributed by atoms with E-state index in [2.05, 4.69) is 41.5 Å². The average Bonchev–Trinajstić information content (AvgIpc) is 3.04. The van der Waals surface area contributed by atoms with Crippen LogP contribution in [0, 0.1) is 0 Å². The number of hydrogen-bond acceptors (Lipinski definition) is 7. The Balaban J connectivity index is 2.94. The molecule has 0 aromatic heterocycles. The number of rotatable bonds is 18. The van der Waals surface area contributed by atoms with Crippen LogP contribution < -0.4 is 18.9 Å². The van der Waals surface area contributed by atoms with Crippen molar-refractivity contribution in [2.24, 2.45) is 0 Å². The normalized spacial score (nSPS) is 13.8. The van der Waals surface area contributed by atoms with Crippen LogP contribution in [0.3, 0.4) is 0 Å². The van der Waals surface area contributed by atoms with E-state index in [0.29, 0.717) is 23.0 Å². The number of phenols is 2. The van der Waals surface area contributed by atoms with Gasteiger partial charge in [0.15, 0.2) is 23.0 Å². The van der Waals surface area contributed by atoms with Crippen LogP contribution in [0.1, 0.15) is 64.7 Å². The fourth-order valence-corrected chi connectivity index (χ4v) is 15.1. The Kier molecular flexibility index (Phi) is 14.1. The van der Waals surface area contributed by atoms with Crippen LogP contribution in [0.2, 0.25) is 0 Å². The van der Waals surface area contributed by atoms with E-state index in [-0.39, 0.29) is 22.8 Å². The summed E-state index contributed by atoms with van der Waals surface area (Å²) in [6, 6.07) is 7.44. The molecule has 0 aliphatic heterocycles. The maximum Gasteiger partial charge on any atom is 0.200 e. The van der Waals surface area contributed by atoms with Crippen LogP contribution >= 0.6 is 14.5 Å². The summed E-state index contributed by atoms with van der Waals surface area (Å²) in [7, 11) is 2.94. The molecule has 7 nitrogen and oxygen atoms in total. The van der Waals surface area contributed by atoms with Gasteiger partial charge in [0, 0.05) is 26.5 Å². The molecule has 0 saturated heterocycles. The minimum Gasteiger partial charge on any atom is -0.502 e. The van der Waals surface area contributed by atoms with E-state index >= 15 is 0 Å². The standard InChI is InChI=1S/C34H52O7P2/c1-11-42(12-2,13-3)31(25-20-29(40-9)34(37)30(21-25)41-10)22-32(43(14-4,15-5)16-6)26(23-35)17-24-18-27(38-7)33(36)28(19-24)39-8/h17-21,23,31-32H,11-16,22H2,1-10H3/p+2/t31-,32-/m0/s1. The predicted molar refractivity (Wildman–Crippen MR) is 185 cm³/mol. The van der Waals surface area contributed by atoms with Gasteiger partial charge < -0.3 is 29.2 Å². The Morgan fingerprint density at radius 2 is 1.05 bits per heavy atom. The van der Waals surface area contributed by atoms with Gasteiger partial charge in [-0.15, -0.1) is 0 Å². The molecule has 2 rings (SSSR count). The lowest BCUT2D eigenvalue weighted by atomic mass is 10.0. The van der Waals surface area contributed by atoms with Gasteiger partial charge in [-0.2, -0.15) is 0 Å². The molecule has 0 radical (unpaired) electrons. The van der Waals surface area contributed by atoms with E-state index in [1.165, 1.54) is 14.2 Å². The van der Waals surface area contributed by atoms with Crippen molar-refractivity contribution in [1.29, 1.82) is 0 Å². The Labute approximate surface area is 260 Å². The van der Waals surface area contributed by atoms with Crippen molar-refractivity contribution in [1.82, 2.24) is 0 Å². The maximum atomic E-state index is 13.1. The molecule has 2 aromatic rings. The summed E-state index contributed by atoms with van der Waals surface area (Å²) in [4.78, 5) is 13.1. The summed E-state index contributed by atoms with van der Waals surface area (Å²) < 4.78 is 22.0. The number of methoxy groups -OCH3 is 4. The molecule has 0 spiro atoms. The van der Waals surface area contributed by atoms with Crippen LogP contribution in [0.5, 0.6) is 34.5 Å². The van der Waals surface area contributed by atoms with Gasteiger partial charge in [-0.05, 0) is 83.0 Å². The second-order valence-electron chi connectivity index (χ2n) is 10.9. The Morgan fingerprint density at radius 1 is 0.674 bits per heavy atom. The summed E-state index contributed by atoms with van der Waals surface area (Å²) in [6.07, 6.45) is 10.1. The highest BCUT2D eigenvalue weighted by atomic mass is 31.2. The molecule has 2 N–H and O–H groups in total. The van der Waals surface area contributed by atoms with E-state index < -0.39 is 14.5 Å². The van der Waals surface area contributed by atoms with E-state index in [0.717, 1.165) is 66.4 Å². The van der Waals surface area contributed by atoms with E-state index in [1.807, 2.05) is 18.2 Å². The summed E-state index contributed by atoms with van der Waals surface area (Å²) >= 11 is 0. The average molecular weight is 637 g/mol. The molecular formula is C34H54O7P2+2. The van der Waals surface area contributed by atoms with Crippen molar-refractivity contribution in [2.45, 2.75) is 59.3 Å². The lowest BCUT2D eigenvalue weighted by Gasteiger charge is -2.39. The summed E-state index contributed by atoms with van der Waals surface area (Å²) in [6.45, 7) is 13.7. The van der Waals surface area contributed by atoms with E-state index in [4.69, 9.17) is 18.9 Å². The van der Waals surface area contributed by atoms with Gasteiger partial charge in [-0.3, -0.25) is 4.79 Å². The molecule has 9 heteroatoms. The minimum absolute atomic E-state index is 0.00120. The van der Waals surface area contributed by atoms with Crippen molar-refractivity contribution < 1.29 is 34.0 Å². The van der Waals surface area contributed by atoms with Crippen molar-refractivity contribution >= 4 is 26.9 Å². The Morgan fingerprint density at radius 3 is 1.37 bits per heavy atom. The van der Waals surface area contributed by atoms with Crippen LogP contribution in [-0.2, 0) is 4.79 Å². The lowest BCUT2D eigenvalue weighted by Crippen LogP contribution is -2.27. The number of aromatic hydroxyl groups is 2. The van der Waals surface area contributed by atoms with Crippen molar-refractivity contribution in [3.05, 3.63) is 41.0 Å². The molecule has 0 unspecified atom stereocenters. The third-order valence-corrected chi connectivity index (χ3v) is 21.0. The maximum absolute atomic E-state index is 13.1. The van der Waals surface area contributed by atoms with E-state index in [1.54, 1.807) is 26.4 Å². The molecule has 43 heavy (non-hydrogen) atoms. The van der Waals surface area contributed by atoms with Crippen molar-refractivity contribution in [3.8, 4) is 34.5 Å². The first-order chi connectivity index (χ1) is 20.6. The number of carbonyl (C=O) groups is 1. The summed E-state index contributed by atoms with van der Waals surface area (Å²) in [5, 5.41) is 21.3. The molecule has 0 fully saturated rings. The molecule has 0 aliphatic rings. The van der Waals surface area contributed by atoms with Gasteiger partial charge in [0.25, 0.3) is 0 Å². The van der Waals surface area contributed by atoms with Crippen molar-refractivity contribution in [2.75, 3.05) is 65.4 Å². The van der Waals surface area contributed by atoms with E-state index in [9.17, 15) is 15.0 Å². The smallest absolute Gasteiger partial charge is 0.200 e. The second-order valence-corrected chi connectivity index (χ2v) is 20.8. The van der Waals surface area contributed by atoms with Crippen LogP contribution in [-0.4, -0.2) is 87.6 Å². The number of allylic oxidation sites excluding steroid dienone is 1. The second kappa shape index (κ2) is 16.5. The topological polar surface area (TPSA) is 94.5 Å². The van der Waals surface area contributed by atoms with Gasteiger partial charge in [-0.1, -0.05) is 0 Å². The van der Waals surface area contributed by atoms with Gasteiger partial charge in [0.2, 0.25) is 11.5 Å². The number of hydrogen-bond donors (Lipinski definition) is 2. The van der Waals surface area contributed by atoms with Gasteiger partial charge in [0.1, 0.15) is 11.9 Å². The zero-order chi connectivity index (χ0) is 32.4. The third kappa shape index (κ3) is 7.60. The number of ether oxygens (including phenoxy) is 4. The number of phenolic OH excluding ortho intramolecular Hbond substituents is 2. The molecule has 0 heterocycles. The highest BCUT2D eigenvalue weighted by molar-refractivity contribution is 7.77. The Bertz CT molecular complexity index is 1170. The summed E-state index contributed by atoms with van der Waals surface area (Å²) in [5.74, 6) is 1.32.